The van der Waals surface area contributed by atoms with E-state index < -0.39 is 0 Å². The molecule has 112 valence electrons. The Morgan fingerprint density at radius 3 is 2.57 bits per heavy atom. The SMILES string of the molecule is CC(C)COc1nc(N(C)Cc2ccncc2)ccc1N. The molecule has 0 radical (unpaired) electrons. The molecule has 0 bridgehead atoms. The van der Waals surface area contributed by atoms with Gasteiger partial charge in [-0.25, -0.2) is 0 Å². The van der Waals surface area contributed by atoms with E-state index in [1.807, 2.05) is 31.3 Å². The van der Waals surface area contributed by atoms with Crippen molar-refractivity contribution in [2.75, 3.05) is 24.3 Å². The van der Waals surface area contributed by atoms with Gasteiger partial charge in [-0.1, -0.05) is 13.8 Å². The Kier molecular flexibility index (Phi) is 4.98. The van der Waals surface area contributed by atoms with E-state index >= 15 is 0 Å². The first-order chi connectivity index (χ1) is 10.1. The number of anilines is 2. The lowest BCUT2D eigenvalue weighted by Crippen LogP contribution is -2.18. The zero-order chi connectivity index (χ0) is 15.2. The van der Waals surface area contributed by atoms with Crippen molar-refractivity contribution in [3.63, 3.8) is 0 Å². The molecule has 0 aliphatic rings. The average Bonchev–Trinajstić information content (AvgIpc) is 2.47. The molecule has 0 amide bonds. The van der Waals surface area contributed by atoms with Crippen molar-refractivity contribution in [3.8, 4) is 5.88 Å². The molecule has 2 heterocycles. The molecule has 2 N–H and O–H groups in total. The zero-order valence-electron chi connectivity index (χ0n) is 12.8. The zero-order valence-corrected chi connectivity index (χ0v) is 12.8. The van der Waals surface area contributed by atoms with Crippen LogP contribution in [-0.2, 0) is 6.54 Å². The number of nitrogen functional groups attached to an aromatic ring is 1. The summed E-state index contributed by atoms with van der Waals surface area (Å²) < 4.78 is 5.67. The number of nitrogens with two attached hydrogens (primary N) is 1. The fourth-order valence-electron chi connectivity index (χ4n) is 1.86. The molecular formula is C16H22N4O. The minimum Gasteiger partial charge on any atom is -0.476 e. The molecule has 2 aromatic rings. The number of rotatable bonds is 6. The smallest absolute Gasteiger partial charge is 0.239 e. The van der Waals surface area contributed by atoms with Crippen LogP contribution in [0.5, 0.6) is 5.88 Å². The molecule has 5 heteroatoms. The van der Waals surface area contributed by atoms with E-state index in [2.05, 4.69) is 28.7 Å². The number of hydrogen-bond donors (Lipinski definition) is 1. The fourth-order valence-corrected chi connectivity index (χ4v) is 1.86. The van der Waals surface area contributed by atoms with Gasteiger partial charge in [0.1, 0.15) is 5.82 Å². The number of aromatic nitrogens is 2. The van der Waals surface area contributed by atoms with Gasteiger partial charge in [0.25, 0.3) is 0 Å². The summed E-state index contributed by atoms with van der Waals surface area (Å²) in [6.07, 6.45) is 3.58. The van der Waals surface area contributed by atoms with Gasteiger partial charge in [-0.3, -0.25) is 4.98 Å². The van der Waals surface area contributed by atoms with E-state index in [0.29, 0.717) is 24.1 Å². The summed E-state index contributed by atoms with van der Waals surface area (Å²) in [6.45, 7) is 5.54. The highest BCUT2D eigenvalue weighted by atomic mass is 16.5. The van der Waals surface area contributed by atoms with Crippen LogP contribution in [0.2, 0.25) is 0 Å². The normalized spacial score (nSPS) is 10.7. The summed E-state index contributed by atoms with van der Waals surface area (Å²) >= 11 is 0. The first kappa shape index (κ1) is 15.1. The van der Waals surface area contributed by atoms with E-state index in [1.54, 1.807) is 12.4 Å². The van der Waals surface area contributed by atoms with Crippen LogP contribution in [-0.4, -0.2) is 23.6 Å². The largest absolute Gasteiger partial charge is 0.476 e. The van der Waals surface area contributed by atoms with Gasteiger partial charge >= 0.3 is 0 Å². The standard InChI is InChI=1S/C16H22N4O/c1-12(2)11-21-16-14(17)4-5-15(19-16)20(3)10-13-6-8-18-9-7-13/h4-9,12H,10-11,17H2,1-3H3. The van der Waals surface area contributed by atoms with Gasteiger partial charge in [-0.05, 0) is 35.7 Å². The van der Waals surface area contributed by atoms with Crippen molar-refractivity contribution < 1.29 is 4.74 Å². The van der Waals surface area contributed by atoms with Crippen LogP contribution in [0.1, 0.15) is 19.4 Å². The second-order valence-electron chi connectivity index (χ2n) is 5.48. The van der Waals surface area contributed by atoms with Gasteiger partial charge in [0, 0.05) is 26.0 Å². The van der Waals surface area contributed by atoms with Crippen LogP contribution in [0.3, 0.4) is 0 Å². The van der Waals surface area contributed by atoms with Crippen LogP contribution in [0.15, 0.2) is 36.7 Å². The molecule has 0 aliphatic heterocycles. The molecule has 0 saturated carbocycles. The molecular weight excluding hydrogens is 264 g/mol. The Morgan fingerprint density at radius 2 is 1.90 bits per heavy atom. The highest BCUT2D eigenvalue weighted by Gasteiger charge is 2.09. The van der Waals surface area contributed by atoms with Crippen molar-refractivity contribution in [1.29, 1.82) is 0 Å². The van der Waals surface area contributed by atoms with Crippen molar-refractivity contribution in [2.45, 2.75) is 20.4 Å². The van der Waals surface area contributed by atoms with Gasteiger partial charge in [0.15, 0.2) is 0 Å². The Hall–Kier alpha value is -2.30. The van der Waals surface area contributed by atoms with Gasteiger partial charge in [0.05, 0.1) is 12.3 Å². The molecule has 0 saturated heterocycles. The van der Waals surface area contributed by atoms with Crippen molar-refractivity contribution in [3.05, 3.63) is 42.2 Å². The molecule has 0 aromatic carbocycles. The second-order valence-corrected chi connectivity index (χ2v) is 5.48. The number of hydrogen-bond acceptors (Lipinski definition) is 5. The first-order valence-electron chi connectivity index (χ1n) is 7.05. The van der Waals surface area contributed by atoms with E-state index in [1.165, 1.54) is 5.56 Å². The monoisotopic (exact) mass is 286 g/mol. The predicted octanol–water partition coefficient (Wildman–Crippen LogP) is 2.73. The quantitative estimate of drug-likeness (QED) is 0.884. The van der Waals surface area contributed by atoms with E-state index in [4.69, 9.17) is 10.5 Å². The Bertz CT molecular complexity index is 572. The molecule has 2 aromatic heterocycles. The van der Waals surface area contributed by atoms with Crippen molar-refractivity contribution in [1.82, 2.24) is 9.97 Å². The van der Waals surface area contributed by atoms with Gasteiger partial charge in [-0.15, -0.1) is 0 Å². The average molecular weight is 286 g/mol. The Balaban J connectivity index is 2.10. The lowest BCUT2D eigenvalue weighted by Gasteiger charge is -2.19. The maximum atomic E-state index is 5.91. The number of ether oxygens (including phenoxy) is 1. The topological polar surface area (TPSA) is 64.3 Å². The molecule has 0 fully saturated rings. The van der Waals surface area contributed by atoms with Crippen LogP contribution in [0.25, 0.3) is 0 Å². The summed E-state index contributed by atoms with van der Waals surface area (Å²) in [5.41, 5.74) is 7.66. The Morgan fingerprint density at radius 1 is 1.19 bits per heavy atom. The molecule has 0 unspecified atom stereocenters. The maximum absolute atomic E-state index is 5.91. The highest BCUT2D eigenvalue weighted by Crippen LogP contribution is 2.23. The maximum Gasteiger partial charge on any atom is 0.239 e. The summed E-state index contributed by atoms with van der Waals surface area (Å²) in [5, 5.41) is 0. The number of pyridine rings is 2. The third kappa shape index (κ3) is 4.34. The third-order valence-electron chi connectivity index (χ3n) is 2.99. The van der Waals surface area contributed by atoms with Crippen LogP contribution >= 0.6 is 0 Å². The molecule has 0 spiro atoms. The minimum absolute atomic E-state index is 0.435. The molecule has 5 nitrogen and oxygen atoms in total. The van der Waals surface area contributed by atoms with E-state index in [9.17, 15) is 0 Å². The van der Waals surface area contributed by atoms with Gasteiger partial charge < -0.3 is 15.4 Å². The summed E-state index contributed by atoms with van der Waals surface area (Å²) in [5.74, 6) is 1.77. The van der Waals surface area contributed by atoms with Crippen LogP contribution < -0.4 is 15.4 Å². The predicted molar refractivity (Wildman–Crippen MR) is 85.3 cm³/mol. The van der Waals surface area contributed by atoms with Crippen molar-refractivity contribution in [2.24, 2.45) is 5.92 Å². The minimum atomic E-state index is 0.435. The lowest BCUT2D eigenvalue weighted by molar-refractivity contribution is 0.263. The first-order valence-corrected chi connectivity index (χ1v) is 7.05. The second kappa shape index (κ2) is 6.92. The molecule has 0 atom stereocenters. The van der Waals surface area contributed by atoms with Gasteiger partial charge in [0.2, 0.25) is 5.88 Å². The summed E-state index contributed by atoms with van der Waals surface area (Å²) in [7, 11) is 1.99. The molecule has 0 aliphatic carbocycles. The Labute approximate surface area is 125 Å². The van der Waals surface area contributed by atoms with Crippen LogP contribution in [0.4, 0.5) is 11.5 Å². The fraction of sp³-hybridized carbons (Fsp3) is 0.375. The van der Waals surface area contributed by atoms with E-state index in [0.717, 1.165) is 12.4 Å². The van der Waals surface area contributed by atoms with Crippen molar-refractivity contribution >= 4 is 11.5 Å². The molecule has 2 rings (SSSR count). The van der Waals surface area contributed by atoms with Crippen LogP contribution in [0, 0.1) is 5.92 Å². The van der Waals surface area contributed by atoms with Gasteiger partial charge in [-0.2, -0.15) is 4.98 Å². The van der Waals surface area contributed by atoms with E-state index in [-0.39, 0.29) is 0 Å². The summed E-state index contributed by atoms with van der Waals surface area (Å²) in [6, 6.07) is 7.72. The molecule has 21 heavy (non-hydrogen) atoms. The summed E-state index contributed by atoms with van der Waals surface area (Å²) in [4.78, 5) is 10.6. The number of nitrogens with zero attached hydrogens (tertiary/aromatic N) is 3. The lowest BCUT2D eigenvalue weighted by atomic mass is 10.2. The third-order valence-corrected chi connectivity index (χ3v) is 2.99. The highest BCUT2D eigenvalue weighted by molar-refractivity contribution is 5.54.